The Labute approximate surface area is 194 Å². The van der Waals surface area contributed by atoms with E-state index in [1.165, 1.54) is 0 Å². The summed E-state index contributed by atoms with van der Waals surface area (Å²) in [5, 5.41) is 9.57. The number of guanidine groups is 1. The van der Waals surface area contributed by atoms with E-state index >= 15 is 0 Å². The molecule has 0 radical (unpaired) electrons. The van der Waals surface area contributed by atoms with Crippen molar-refractivity contribution in [3.63, 3.8) is 0 Å². The number of alkyl carbamates (subject to hydrolysis) is 1. The van der Waals surface area contributed by atoms with Gasteiger partial charge in [-0.25, -0.2) is 4.79 Å². The van der Waals surface area contributed by atoms with Crippen LogP contribution in [-0.4, -0.2) is 80.6 Å². The quantitative estimate of drug-likeness (QED) is 0.256. The van der Waals surface area contributed by atoms with Crippen molar-refractivity contribution in [2.24, 2.45) is 10.9 Å². The molecule has 0 spiro atoms. The van der Waals surface area contributed by atoms with Gasteiger partial charge in [0.05, 0.1) is 25.3 Å². The summed E-state index contributed by atoms with van der Waals surface area (Å²) in [4.78, 5) is 19.1. The van der Waals surface area contributed by atoms with Crippen LogP contribution in [0.3, 0.4) is 0 Å². The van der Waals surface area contributed by atoms with Crippen molar-refractivity contribution in [2.45, 2.75) is 59.6 Å². The summed E-state index contributed by atoms with van der Waals surface area (Å²) in [5.74, 6) is 1.25. The molecule has 0 saturated carbocycles. The zero-order chi connectivity index (χ0) is 21.2. The topological polar surface area (TPSA) is 87.2 Å². The van der Waals surface area contributed by atoms with Crippen LogP contribution in [0.2, 0.25) is 0 Å². The Morgan fingerprint density at radius 3 is 2.34 bits per heavy atom. The summed E-state index contributed by atoms with van der Waals surface area (Å²) >= 11 is 0. The minimum atomic E-state index is -0.517. The van der Waals surface area contributed by atoms with Gasteiger partial charge in [0.25, 0.3) is 0 Å². The van der Waals surface area contributed by atoms with Crippen molar-refractivity contribution in [2.75, 3.05) is 52.5 Å². The molecule has 1 aliphatic heterocycles. The highest BCUT2D eigenvalue weighted by Crippen LogP contribution is 2.10. The number of hydrogen-bond donors (Lipinski definition) is 3. The zero-order valence-electron chi connectivity index (χ0n) is 19.3. The Balaban J connectivity index is 0.00000784. The SMILES string of the molecule is CCNC(=NCC(C)(C)NC(=O)OC(C)(C)C)NCC(C)CN1CCOCC1.I. The first-order valence-electron chi connectivity index (χ1n) is 10.3. The third kappa shape index (κ3) is 13.9. The minimum absolute atomic E-state index is 0. The number of nitrogens with zero attached hydrogens (tertiary/aromatic N) is 2. The summed E-state index contributed by atoms with van der Waals surface area (Å²) in [6.07, 6.45) is -0.426. The van der Waals surface area contributed by atoms with Gasteiger partial charge in [0.1, 0.15) is 5.60 Å². The molecular formula is C20H42IN5O3. The highest BCUT2D eigenvalue weighted by atomic mass is 127. The number of amides is 1. The standard InChI is InChI=1S/C20H41N5O3.HI/c1-8-21-17(22-13-16(2)14-25-9-11-27-12-10-25)23-15-20(6,7)24-18(26)28-19(3,4)5;/h16H,8-15H2,1-7H3,(H,24,26)(H2,21,22,23);1H. The molecule has 1 aliphatic rings. The lowest BCUT2D eigenvalue weighted by molar-refractivity contribution is 0.0320. The van der Waals surface area contributed by atoms with Crippen molar-refractivity contribution >= 4 is 36.0 Å². The summed E-state index contributed by atoms with van der Waals surface area (Å²) < 4.78 is 10.7. The van der Waals surface area contributed by atoms with E-state index in [1.54, 1.807) is 0 Å². The second-order valence-electron chi connectivity index (χ2n) is 9.10. The second kappa shape index (κ2) is 13.5. The van der Waals surface area contributed by atoms with Crippen LogP contribution in [-0.2, 0) is 9.47 Å². The lowest BCUT2D eigenvalue weighted by atomic mass is 10.1. The molecule has 1 fully saturated rings. The monoisotopic (exact) mass is 527 g/mol. The molecule has 0 bridgehead atoms. The first-order chi connectivity index (χ1) is 13.0. The number of rotatable bonds is 8. The Hall–Kier alpha value is -0.810. The fourth-order valence-electron chi connectivity index (χ4n) is 2.80. The number of ether oxygens (including phenoxy) is 2. The molecule has 1 saturated heterocycles. The van der Waals surface area contributed by atoms with Gasteiger partial charge in [-0.1, -0.05) is 6.92 Å². The normalized spacial score (nSPS) is 17.1. The summed E-state index contributed by atoms with van der Waals surface area (Å²) in [6.45, 7) is 20.5. The van der Waals surface area contributed by atoms with E-state index in [4.69, 9.17) is 9.47 Å². The number of hydrogen-bond acceptors (Lipinski definition) is 5. The number of nitrogens with one attached hydrogen (secondary N) is 3. The Bertz CT molecular complexity index is 503. The summed E-state index contributed by atoms with van der Waals surface area (Å²) in [6, 6.07) is 0. The molecule has 1 unspecified atom stereocenters. The third-order valence-electron chi connectivity index (χ3n) is 4.11. The Morgan fingerprint density at radius 1 is 1.17 bits per heavy atom. The van der Waals surface area contributed by atoms with Gasteiger partial charge in [-0.2, -0.15) is 0 Å². The van der Waals surface area contributed by atoms with Crippen molar-refractivity contribution in [3.05, 3.63) is 0 Å². The predicted molar refractivity (Wildman–Crippen MR) is 129 cm³/mol. The first kappa shape index (κ1) is 28.2. The number of carbonyl (C=O) groups is 1. The van der Waals surface area contributed by atoms with Gasteiger partial charge in [0.2, 0.25) is 0 Å². The maximum atomic E-state index is 12.0. The molecule has 0 aromatic carbocycles. The molecule has 1 atom stereocenters. The van der Waals surface area contributed by atoms with Gasteiger partial charge in [-0.3, -0.25) is 9.89 Å². The third-order valence-corrected chi connectivity index (χ3v) is 4.11. The van der Waals surface area contributed by atoms with Crippen LogP contribution in [0, 0.1) is 5.92 Å². The maximum Gasteiger partial charge on any atom is 0.408 e. The van der Waals surface area contributed by atoms with Gasteiger partial charge >= 0.3 is 6.09 Å². The molecule has 0 aromatic heterocycles. The van der Waals surface area contributed by atoms with Crippen LogP contribution in [0.5, 0.6) is 0 Å². The van der Waals surface area contributed by atoms with Crippen LogP contribution in [0.15, 0.2) is 4.99 Å². The van der Waals surface area contributed by atoms with Crippen molar-refractivity contribution in [1.82, 2.24) is 20.9 Å². The summed E-state index contributed by atoms with van der Waals surface area (Å²) in [5.41, 5.74) is -1.03. The van der Waals surface area contributed by atoms with Crippen molar-refractivity contribution in [1.29, 1.82) is 0 Å². The van der Waals surface area contributed by atoms with Crippen LogP contribution in [0.1, 0.15) is 48.5 Å². The van der Waals surface area contributed by atoms with Crippen LogP contribution >= 0.6 is 24.0 Å². The minimum Gasteiger partial charge on any atom is -0.444 e. The van der Waals surface area contributed by atoms with Crippen molar-refractivity contribution < 1.29 is 14.3 Å². The summed E-state index contributed by atoms with van der Waals surface area (Å²) in [7, 11) is 0. The fourth-order valence-corrected chi connectivity index (χ4v) is 2.80. The van der Waals surface area contributed by atoms with Crippen LogP contribution < -0.4 is 16.0 Å². The van der Waals surface area contributed by atoms with Gasteiger partial charge < -0.3 is 25.4 Å². The Kier molecular flexibility index (Phi) is 13.1. The smallest absolute Gasteiger partial charge is 0.408 e. The molecule has 1 heterocycles. The molecule has 1 amide bonds. The second-order valence-corrected chi connectivity index (χ2v) is 9.10. The molecule has 0 aliphatic carbocycles. The lowest BCUT2D eigenvalue weighted by Crippen LogP contribution is -2.49. The molecule has 1 rings (SSSR count). The van der Waals surface area contributed by atoms with Crippen LogP contribution in [0.25, 0.3) is 0 Å². The molecular weight excluding hydrogens is 485 g/mol. The zero-order valence-corrected chi connectivity index (χ0v) is 21.6. The van der Waals surface area contributed by atoms with Gasteiger partial charge in [0, 0.05) is 32.7 Å². The predicted octanol–water partition coefficient (Wildman–Crippen LogP) is 2.43. The first-order valence-corrected chi connectivity index (χ1v) is 10.3. The average molecular weight is 527 g/mol. The van der Waals surface area contributed by atoms with E-state index in [-0.39, 0.29) is 24.0 Å². The average Bonchev–Trinajstić information content (AvgIpc) is 2.56. The van der Waals surface area contributed by atoms with E-state index in [0.717, 1.165) is 51.9 Å². The molecule has 29 heavy (non-hydrogen) atoms. The molecule has 9 heteroatoms. The van der Waals surface area contributed by atoms with E-state index in [0.29, 0.717) is 12.5 Å². The van der Waals surface area contributed by atoms with E-state index in [1.807, 2.05) is 41.5 Å². The van der Waals surface area contributed by atoms with Crippen molar-refractivity contribution in [3.8, 4) is 0 Å². The largest absolute Gasteiger partial charge is 0.444 e. The van der Waals surface area contributed by atoms with E-state index in [9.17, 15) is 4.79 Å². The highest BCUT2D eigenvalue weighted by Gasteiger charge is 2.24. The van der Waals surface area contributed by atoms with E-state index in [2.05, 4.69) is 32.8 Å². The molecule has 172 valence electrons. The van der Waals surface area contributed by atoms with Gasteiger partial charge in [-0.05, 0) is 47.5 Å². The lowest BCUT2D eigenvalue weighted by Gasteiger charge is -2.29. The molecule has 3 N–H and O–H groups in total. The molecule has 8 nitrogen and oxygen atoms in total. The number of halogens is 1. The van der Waals surface area contributed by atoms with Crippen LogP contribution in [0.4, 0.5) is 4.79 Å². The maximum absolute atomic E-state index is 12.0. The number of carbonyl (C=O) groups excluding carboxylic acids is 1. The number of aliphatic imine (C=N–C) groups is 1. The van der Waals surface area contributed by atoms with Gasteiger partial charge in [-0.15, -0.1) is 24.0 Å². The molecule has 0 aromatic rings. The van der Waals surface area contributed by atoms with Gasteiger partial charge in [0.15, 0.2) is 5.96 Å². The number of morpholine rings is 1. The fraction of sp³-hybridized carbons (Fsp3) is 0.900. The van der Waals surface area contributed by atoms with E-state index < -0.39 is 17.2 Å². The Morgan fingerprint density at radius 2 is 1.79 bits per heavy atom. The highest BCUT2D eigenvalue weighted by molar-refractivity contribution is 14.0.